The fraction of sp³-hybridized carbons (Fsp3) is 0.208. The van der Waals surface area contributed by atoms with Gasteiger partial charge in [0.15, 0.2) is 12.4 Å². The van der Waals surface area contributed by atoms with Crippen molar-refractivity contribution in [1.82, 2.24) is 0 Å². The predicted octanol–water partition coefficient (Wildman–Crippen LogP) is 4.01. The molecular weight excluding hydrogens is 382 g/mol. The van der Waals surface area contributed by atoms with Crippen LogP contribution in [-0.4, -0.2) is 37.9 Å². The number of carbonyl (C=O) groups excluding carboxylic acids is 3. The number of Topliss-reactive ketones (excluding diaryl/α,β-unsaturated/α-hetero) is 1. The second-order valence-corrected chi connectivity index (χ2v) is 7.09. The van der Waals surface area contributed by atoms with Gasteiger partial charge in [-0.2, -0.15) is 0 Å². The SMILES string of the molecule is COc1cc2ccccc2cc1C(=O)OCC(=O)c1ccc(N2CCCC2=O)cc1. The van der Waals surface area contributed by atoms with Gasteiger partial charge in [0.05, 0.1) is 7.11 Å². The summed E-state index contributed by atoms with van der Waals surface area (Å²) in [6.45, 7) is 0.314. The Kier molecular flexibility index (Phi) is 5.48. The molecule has 3 aromatic carbocycles. The van der Waals surface area contributed by atoms with Crippen LogP contribution in [0.4, 0.5) is 5.69 Å². The van der Waals surface area contributed by atoms with E-state index < -0.39 is 5.97 Å². The summed E-state index contributed by atoms with van der Waals surface area (Å²) in [6, 6.07) is 17.8. The van der Waals surface area contributed by atoms with Gasteiger partial charge < -0.3 is 14.4 Å². The minimum atomic E-state index is -0.620. The Morgan fingerprint density at radius 1 is 1.00 bits per heavy atom. The normalized spacial score (nSPS) is 13.5. The number of methoxy groups -OCH3 is 1. The topological polar surface area (TPSA) is 72.9 Å². The highest BCUT2D eigenvalue weighted by Gasteiger charge is 2.22. The Morgan fingerprint density at radius 3 is 2.33 bits per heavy atom. The summed E-state index contributed by atoms with van der Waals surface area (Å²) in [6.07, 6.45) is 1.39. The Labute approximate surface area is 174 Å². The van der Waals surface area contributed by atoms with Crippen LogP contribution in [0.5, 0.6) is 5.75 Å². The van der Waals surface area contributed by atoms with Gasteiger partial charge in [-0.3, -0.25) is 9.59 Å². The van der Waals surface area contributed by atoms with E-state index in [1.807, 2.05) is 24.3 Å². The maximum Gasteiger partial charge on any atom is 0.342 e. The van der Waals surface area contributed by atoms with E-state index in [1.54, 1.807) is 41.3 Å². The lowest BCUT2D eigenvalue weighted by Gasteiger charge is -2.15. The molecule has 6 nitrogen and oxygen atoms in total. The standard InChI is InChI=1S/C24H21NO5/c1-29-22-14-18-6-3-2-5-17(18)13-20(22)24(28)30-15-21(26)16-8-10-19(11-9-16)25-12-4-7-23(25)27/h2-3,5-6,8-11,13-14H,4,7,12,15H2,1H3. The summed E-state index contributed by atoms with van der Waals surface area (Å²) in [7, 11) is 1.48. The van der Waals surface area contributed by atoms with E-state index in [9.17, 15) is 14.4 Å². The van der Waals surface area contributed by atoms with Gasteiger partial charge in [0.2, 0.25) is 5.91 Å². The van der Waals surface area contributed by atoms with Gasteiger partial charge >= 0.3 is 5.97 Å². The molecule has 3 aromatic rings. The number of benzene rings is 3. The molecule has 1 aliphatic heterocycles. The Bertz CT molecular complexity index is 1120. The maximum absolute atomic E-state index is 12.6. The lowest BCUT2D eigenvalue weighted by Crippen LogP contribution is -2.23. The van der Waals surface area contributed by atoms with Crippen molar-refractivity contribution < 1.29 is 23.9 Å². The molecular formula is C24H21NO5. The van der Waals surface area contributed by atoms with Gasteiger partial charge in [-0.15, -0.1) is 0 Å². The molecule has 1 amide bonds. The number of esters is 1. The quantitative estimate of drug-likeness (QED) is 0.459. The van der Waals surface area contributed by atoms with E-state index in [-0.39, 0.29) is 23.9 Å². The first-order valence-electron chi connectivity index (χ1n) is 9.74. The van der Waals surface area contributed by atoms with Crippen LogP contribution < -0.4 is 9.64 Å². The van der Waals surface area contributed by atoms with Gasteiger partial charge in [0, 0.05) is 24.2 Å². The summed E-state index contributed by atoms with van der Waals surface area (Å²) < 4.78 is 10.6. The summed E-state index contributed by atoms with van der Waals surface area (Å²) >= 11 is 0. The highest BCUT2D eigenvalue weighted by Crippen LogP contribution is 2.27. The third kappa shape index (κ3) is 3.89. The summed E-state index contributed by atoms with van der Waals surface area (Å²) in [5.41, 5.74) is 1.46. The van der Waals surface area contributed by atoms with Crippen molar-refractivity contribution in [2.75, 3.05) is 25.2 Å². The monoisotopic (exact) mass is 403 g/mol. The van der Waals surface area contributed by atoms with Crippen molar-refractivity contribution in [1.29, 1.82) is 0 Å². The van der Waals surface area contributed by atoms with E-state index in [4.69, 9.17) is 9.47 Å². The van der Waals surface area contributed by atoms with Crippen molar-refractivity contribution in [3.63, 3.8) is 0 Å². The number of amides is 1. The van der Waals surface area contributed by atoms with Crippen LogP contribution in [0.15, 0.2) is 60.7 Å². The van der Waals surface area contributed by atoms with Gasteiger partial charge in [0.25, 0.3) is 0 Å². The first kappa shape index (κ1) is 19.6. The highest BCUT2D eigenvalue weighted by molar-refractivity contribution is 6.02. The molecule has 0 atom stereocenters. The molecule has 0 saturated carbocycles. The summed E-state index contributed by atoms with van der Waals surface area (Å²) in [4.78, 5) is 38.6. The molecule has 1 heterocycles. The molecule has 1 fully saturated rings. The van der Waals surface area contributed by atoms with Crippen LogP contribution in [0.3, 0.4) is 0 Å². The third-order valence-corrected chi connectivity index (χ3v) is 5.20. The van der Waals surface area contributed by atoms with Crippen LogP contribution >= 0.6 is 0 Å². The smallest absolute Gasteiger partial charge is 0.342 e. The molecule has 6 heteroatoms. The number of hydrogen-bond acceptors (Lipinski definition) is 5. The first-order chi connectivity index (χ1) is 14.6. The number of rotatable bonds is 6. The van der Waals surface area contributed by atoms with Crippen LogP contribution in [0.2, 0.25) is 0 Å². The second kappa shape index (κ2) is 8.37. The lowest BCUT2D eigenvalue weighted by atomic mass is 10.1. The number of ketones is 1. The fourth-order valence-corrected chi connectivity index (χ4v) is 3.59. The van der Waals surface area contributed by atoms with Crippen LogP contribution in [-0.2, 0) is 9.53 Å². The Hall–Kier alpha value is -3.67. The van der Waals surface area contributed by atoms with Gasteiger partial charge in [-0.25, -0.2) is 4.79 Å². The molecule has 0 bridgehead atoms. The first-order valence-corrected chi connectivity index (χ1v) is 9.74. The molecule has 30 heavy (non-hydrogen) atoms. The molecule has 0 aliphatic carbocycles. The van der Waals surface area contributed by atoms with E-state index in [2.05, 4.69) is 0 Å². The molecule has 4 rings (SSSR count). The van der Waals surface area contributed by atoms with Gasteiger partial charge in [-0.05, 0) is 53.6 Å². The molecule has 0 aromatic heterocycles. The molecule has 1 saturated heterocycles. The van der Waals surface area contributed by atoms with E-state index in [0.717, 1.165) is 22.9 Å². The van der Waals surface area contributed by atoms with Crippen molar-refractivity contribution in [3.05, 3.63) is 71.8 Å². The fourth-order valence-electron chi connectivity index (χ4n) is 3.59. The molecule has 0 N–H and O–H groups in total. The van der Waals surface area contributed by atoms with Crippen molar-refractivity contribution >= 4 is 34.1 Å². The molecule has 152 valence electrons. The van der Waals surface area contributed by atoms with Gasteiger partial charge in [-0.1, -0.05) is 24.3 Å². The van der Waals surface area contributed by atoms with Crippen LogP contribution in [0.25, 0.3) is 10.8 Å². The summed E-state index contributed by atoms with van der Waals surface area (Å²) in [5, 5.41) is 1.82. The van der Waals surface area contributed by atoms with Crippen LogP contribution in [0.1, 0.15) is 33.6 Å². The number of fused-ring (bicyclic) bond motifs is 1. The second-order valence-electron chi connectivity index (χ2n) is 7.09. The number of hydrogen-bond donors (Lipinski definition) is 0. The van der Waals surface area contributed by atoms with Crippen molar-refractivity contribution in [2.24, 2.45) is 0 Å². The summed E-state index contributed by atoms with van der Waals surface area (Å²) in [5.74, 6) is -0.453. The Balaban J connectivity index is 1.44. The zero-order valence-electron chi connectivity index (χ0n) is 16.6. The predicted molar refractivity (Wildman–Crippen MR) is 113 cm³/mol. The number of anilines is 1. The minimum absolute atomic E-state index is 0.0901. The van der Waals surface area contributed by atoms with Gasteiger partial charge in [0.1, 0.15) is 11.3 Å². The largest absolute Gasteiger partial charge is 0.496 e. The van der Waals surface area contributed by atoms with Crippen molar-refractivity contribution in [3.8, 4) is 5.75 Å². The molecule has 1 aliphatic rings. The molecule has 0 spiro atoms. The highest BCUT2D eigenvalue weighted by atomic mass is 16.5. The molecule has 0 unspecified atom stereocenters. The number of carbonyl (C=O) groups is 3. The number of nitrogens with zero attached hydrogens (tertiary/aromatic N) is 1. The third-order valence-electron chi connectivity index (χ3n) is 5.20. The number of ether oxygens (including phenoxy) is 2. The molecule has 0 radical (unpaired) electrons. The van der Waals surface area contributed by atoms with Crippen molar-refractivity contribution in [2.45, 2.75) is 12.8 Å². The minimum Gasteiger partial charge on any atom is -0.496 e. The average Bonchev–Trinajstić information content (AvgIpc) is 3.22. The zero-order valence-corrected chi connectivity index (χ0v) is 16.6. The lowest BCUT2D eigenvalue weighted by molar-refractivity contribution is -0.117. The van der Waals surface area contributed by atoms with E-state index in [0.29, 0.717) is 24.3 Å². The maximum atomic E-state index is 12.6. The zero-order chi connectivity index (χ0) is 21.1. The van der Waals surface area contributed by atoms with E-state index >= 15 is 0 Å². The Morgan fingerprint density at radius 2 is 1.70 bits per heavy atom. The van der Waals surface area contributed by atoms with E-state index in [1.165, 1.54) is 7.11 Å². The average molecular weight is 403 g/mol. The van der Waals surface area contributed by atoms with Crippen LogP contribution in [0, 0.1) is 0 Å².